The molecule has 2 aromatic heterocycles. The van der Waals surface area contributed by atoms with Gasteiger partial charge < -0.3 is 20.6 Å². The molecular formula is C19H18BrN5O4S. The molecule has 3 amide bonds. The number of carbonyl (C=O) groups is 3. The van der Waals surface area contributed by atoms with Crippen molar-refractivity contribution in [3.05, 3.63) is 52.1 Å². The topological polar surface area (TPSA) is 116 Å². The van der Waals surface area contributed by atoms with E-state index in [1.54, 1.807) is 40.9 Å². The first-order chi connectivity index (χ1) is 14.4. The van der Waals surface area contributed by atoms with Gasteiger partial charge in [0.1, 0.15) is 12.1 Å². The molecule has 3 N–H and O–H groups in total. The van der Waals surface area contributed by atoms with Crippen LogP contribution in [0.25, 0.3) is 4.96 Å². The van der Waals surface area contributed by atoms with Crippen LogP contribution in [0.2, 0.25) is 0 Å². The number of nitrogens with zero attached hydrogens (tertiary/aromatic N) is 3. The Bertz CT molecular complexity index is 1070. The van der Waals surface area contributed by atoms with Gasteiger partial charge in [0.2, 0.25) is 5.91 Å². The number of benzene rings is 1. The van der Waals surface area contributed by atoms with Crippen molar-refractivity contribution >= 4 is 56.0 Å². The summed E-state index contributed by atoms with van der Waals surface area (Å²) in [7, 11) is 0. The third kappa shape index (κ3) is 4.17. The minimum atomic E-state index is -1.30. The SMILES string of the molecule is O=C(O)N[C@H](C(=O)N1CCC[C@@H]1C(=O)Nc1cn2cc(Br)sc2n1)c1ccccc1. The maximum absolute atomic E-state index is 13.2. The fourth-order valence-corrected chi connectivity index (χ4v) is 4.91. The van der Waals surface area contributed by atoms with E-state index in [0.717, 1.165) is 8.75 Å². The van der Waals surface area contributed by atoms with Crippen molar-refractivity contribution in [1.82, 2.24) is 19.6 Å². The van der Waals surface area contributed by atoms with Gasteiger partial charge in [-0.25, -0.2) is 9.78 Å². The number of imidazole rings is 1. The first kappa shape index (κ1) is 20.4. The normalized spacial score (nSPS) is 17.1. The lowest BCUT2D eigenvalue weighted by Crippen LogP contribution is -2.48. The number of aromatic nitrogens is 2. The lowest BCUT2D eigenvalue weighted by Gasteiger charge is -2.28. The number of halogens is 1. The van der Waals surface area contributed by atoms with Crippen molar-refractivity contribution < 1.29 is 19.5 Å². The molecule has 4 rings (SSSR count). The van der Waals surface area contributed by atoms with E-state index in [9.17, 15) is 19.5 Å². The minimum Gasteiger partial charge on any atom is -0.465 e. The van der Waals surface area contributed by atoms with Gasteiger partial charge in [0.15, 0.2) is 10.8 Å². The first-order valence-corrected chi connectivity index (χ1v) is 10.8. The van der Waals surface area contributed by atoms with Crippen LogP contribution >= 0.6 is 27.3 Å². The van der Waals surface area contributed by atoms with E-state index in [0.29, 0.717) is 30.8 Å². The quantitative estimate of drug-likeness (QED) is 0.506. The Hall–Kier alpha value is -2.92. The van der Waals surface area contributed by atoms with Gasteiger partial charge in [0.25, 0.3) is 5.91 Å². The average molecular weight is 492 g/mol. The summed E-state index contributed by atoms with van der Waals surface area (Å²) in [5.41, 5.74) is 0.524. The minimum absolute atomic E-state index is 0.340. The number of anilines is 1. The van der Waals surface area contributed by atoms with Gasteiger partial charge in [-0.05, 0) is 34.3 Å². The summed E-state index contributed by atoms with van der Waals surface area (Å²) in [6.07, 6.45) is 3.40. The Morgan fingerprint density at radius 3 is 2.70 bits per heavy atom. The monoisotopic (exact) mass is 491 g/mol. The molecule has 1 saturated heterocycles. The van der Waals surface area contributed by atoms with E-state index < -0.39 is 24.1 Å². The third-order valence-corrected chi connectivity index (χ3v) is 6.34. The third-order valence-electron chi connectivity index (χ3n) is 4.87. The van der Waals surface area contributed by atoms with Gasteiger partial charge in [0.05, 0.1) is 9.98 Å². The van der Waals surface area contributed by atoms with E-state index in [1.165, 1.54) is 16.2 Å². The van der Waals surface area contributed by atoms with Crippen LogP contribution < -0.4 is 10.6 Å². The Morgan fingerprint density at radius 2 is 2.00 bits per heavy atom. The number of thiazole rings is 1. The molecule has 3 heterocycles. The second kappa shape index (κ2) is 8.44. The zero-order valence-electron chi connectivity index (χ0n) is 15.6. The van der Waals surface area contributed by atoms with E-state index >= 15 is 0 Å². The van der Waals surface area contributed by atoms with Crippen molar-refractivity contribution in [1.29, 1.82) is 0 Å². The van der Waals surface area contributed by atoms with Crippen LogP contribution in [0.15, 0.2) is 46.5 Å². The first-order valence-electron chi connectivity index (χ1n) is 9.22. The van der Waals surface area contributed by atoms with Crippen LogP contribution in [0.3, 0.4) is 0 Å². The molecular weight excluding hydrogens is 474 g/mol. The Labute approximate surface area is 183 Å². The Balaban J connectivity index is 1.52. The maximum Gasteiger partial charge on any atom is 0.405 e. The second-order valence-corrected chi connectivity index (χ2v) is 9.21. The molecule has 1 aliphatic heterocycles. The largest absolute Gasteiger partial charge is 0.465 e. The molecule has 1 aliphatic rings. The number of likely N-dealkylation sites (tertiary alicyclic amines) is 1. The van der Waals surface area contributed by atoms with Gasteiger partial charge >= 0.3 is 6.09 Å². The number of nitrogens with one attached hydrogen (secondary N) is 2. The standard InChI is InChI=1S/C19H18BrN5O4S/c20-13-9-24-10-14(22-18(24)30-13)21-16(26)12-7-4-8-25(12)17(27)15(23-19(28)29)11-5-2-1-3-6-11/h1-3,5-6,9-10,12,15,23H,4,7-8H2,(H,21,26)(H,28,29)/t12-,15+/m1/s1. The van der Waals surface area contributed by atoms with Crippen LogP contribution in [0.1, 0.15) is 24.4 Å². The van der Waals surface area contributed by atoms with E-state index in [2.05, 4.69) is 31.5 Å². The molecule has 156 valence electrons. The molecule has 1 fully saturated rings. The number of carbonyl (C=O) groups excluding carboxylic acids is 2. The second-order valence-electron chi connectivity index (χ2n) is 6.82. The summed E-state index contributed by atoms with van der Waals surface area (Å²) >= 11 is 4.82. The zero-order valence-corrected chi connectivity index (χ0v) is 18.0. The predicted octanol–water partition coefficient (Wildman–Crippen LogP) is 3.10. The molecule has 9 nitrogen and oxygen atoms in total. The van der Waals surface area contributed by atoms with Crippen LogP contribution in [0.4, 0.5) is 10.6 Å². The smallest absolute Gasteiger partial charge is 0.405 e. The number of hydrogen-bond acceptors (Lipinski definition) is 5. The molecule has 0 saturated carbocycles. The highest BCUT2D eigenvalue weighted by molar-refractivity contribution is 9.11. The zero-order chi connectivity index (χ0) is 21.3. The predicted molar refractivity (Wildman–Crippen MR) is 114 cm³/mol. The van der Waals surface area contributed by atoms with Gasteiger partial charge in [-0.3, -0.25) is 14.0 Å². The highest BCUT2D eigenvalue weighted by atomic mass is 79.9. The van der Waals surface area contributed by atoms with Crippen LogP contribution in [0.5, 0.6) is 0 Å². The summed E-state index contributed by atoms with van der Waals surface area (Å²) in [5, 5.41) is 14.3. The summed E-state index contributed by atoms with van der Waals surface area (Å²) in [4.78, 5) is 43.9. The van der Waals surface area contributed by atoms with Gasteiger partial charge in [-0.15, -0.1) is 0 Å². The van der Waals surface area contributed by atoms with Crippen molar-refractivity contribution in [3.63, 3.8) is 0 Å². The molecule has 0 radical (unpaired) electrons. The summed E-state index contributed by atoms with van der Waals surface area (Å²) < 4.78 is 2.72. The van der Waals surface area contributed by atoms with Gasteiger partial charge in [0, 0.05) is 12.7 Å². The molecule has 0 unspecified atom stereocenters. The Morgan fingerprint density at radius 1 is 1.23 bits per heavy atom. The van der Waals surface area contributed by atoms with Crippen molar-refractivity contribution in [2.75, 3.05) is 11.9 Å². The van der Waals surface area contributed by atoms with Crippen molar-refractivity contribution in [3.8, 4) is 0 Å². The molecule has 0 aliphatic carbocycles. The molecule has 30 heavy (non-hydrogen) atoms. The molecule has 2 atom stereocenters. The molecule has 1 aromatic carbocycles. The fraction of sp³-hybridized carbons (Fsp3) is 0.263. The summed E-state index contributed by atoms with van der Waals surface area (Å²) in [5.74, 6) is -0.384. The van der Waals surface area contributed by atoms with Crippen LogP contribution in [-0.2, 0) is 9.59 Å². The highest BCUT2D eigenvalue weighted by Crippen LogP contribution is 2.27. The van der Waals surface area contributed by atoms with Crippen molar-refractivity contribution in [2.24, 2.45) is 0 Å². The number of carboxylic acid groups (broad SMARTS) is 1. The van der Waals surface area contributed by atoms with Gasteiger partial charge in [-0.2, -0.15) is 0 Å². The van der Waals surface area contributed by atoms with Crippen LogP contribution in [-0.4, -0.2) is 49.9 Å². The van der Waals surface area contributed by atoms with E-state index in [1.807, 2.05) is 6.20 Å². The number of hydrogen-bond donors (Lipinski definition) is 3. The highest BCUT2D eigenvalue weighted by Gasteiger charge is 2.38. The number of fused-ring (bicyclic) bond motifs is 1. The van der Waals surface area contributed by atoms with Crippen LogP contribution in [0, 0.1) is 0 Å². The molecule has 0 bridgehead atoms. The van der Waals surface area contributed by atoms with Crippen molar-refractivity contribution in [2.45, 2.75) is 24.9 Å². The van der Waals surface area contributed by atoms with E-state index in [4.69, 9.17) is 0 Å². The molecule has 0 spiro atoms. The Kier molecular flexibility index (Phi) is 5.73. The summed E-state index contributed by atoms with van der Waals surface area (Å²) in [6, 6.07) is 6.84. The molecule has 11 heteroatoms. The average Bonchev–Trinajstić information content (AvgIpc) is 3.40. The molecule has 3 aromatic rings. The number of rotatable bonds is 5. The summed E-state index contributed by atoms with van der Waals surface area (Å²) in [6.45, 7) is 0.382. The lowest BCUT2D eigenvalue weighted by atomic mass is 10.1. The van der Waals surface area contributed by atoms with Gasteiger partial charge in [-0.1, -0.05) is 41.7 Å². The number of amides is 3. The fourth-order valence-electron chi connectivity index (χ4n) is 3.56. The van der Waals surface area contributed by atoms with E-state index in [-0.39, 0.29) is 5.91 Å². The lowest BCUT2D eigenvalue weighted by molar-refractivity contribution is -0.138. The maximum atomic E-state index is 13.2.